The van der Waals surface area contributed by atoms with Gasteiger partial charge in [-0.1, -0.05) is 30.2 Å². The molecule has 1 N–H and O–H groups in total. The van der Waals surface area contributed by atoms with Gasteiger partial charge < -0.3 is 14.7 Å². The third-order valence-corrected chi connectivity index (χ3v) is 9.14. The van der Waals surface area contributed by atoms with E-state index in [4.69, 9.17) is 11.6 Å². The summed E-state index contributed by atoms with van der Waals surface area (Å²) < 4.78 is 0. The quantitative estimate of drug-likeness (QED) is 0.439. The second kappa shape index (κ2) is 10.9. The predicted molar refractivity (Wildman–Crippen MR) is 152 cm³/mol. The maximum absolute atomic E-state index is 9.43. The number of anilines is 2. The highest BCUT2D eigenvalue weighted by atomic mass is 35.5. The van der Waals surface area contributed by atoms with E-state index in [0.29, 0.717) is 16.6 Å². The van der Waals surface area contributed by atoms with Gasteiger partial charge in [0.15, 0.2) is 5.69 Å². The van der Waals surface area contributed by atoms with Crippen molar-refractivity contribution < 1.29 is 0 Å². The molecule has 0 amide bonds. The first-order valence-corrected chi connectivity index (χ1v) is 14.5. The molecule has 1 aromatic heterocycles. The summed E-state index contributed by atoms with van der Waals surface area (Å²) in [4.78, 5) is 7.71. The molecule has 0 radical (unpaired) electrons. The van der Waals surface area contributed by atoms with Crippen LogP contribution >= 0.6 is 11.6 Å². The average Bonchev–Trinajstić information content (AvgIpc) is 3.40. The Balaban J connectivity index is 1.09. The molecule has 6 rings (SSSR count). The number of nitrogens with one attached hydrogen (secondary N) is 1. The topological polar surface area (TPSA) is 62.2 Å². The summed E-state index contributed by atoms with van der Waals surface area (Å²) in [6.45, 7) is 8.24. The molecular weight excluding hydrogens is 480 g/mol. The minimum Gasteiger partial charge on any atom is -0.372 e. The first-order chi connectivity index (χ1) is 18.2. The van der Waals surface area contributed by atoms with Crippen LogP contribution in [0.5, 0.6) is 0 Å². The lowest BCUT2D eigenvalue weighted by Gasteiger charge is -2.37. The number of nitrogens with zero attached hydrogens (tertiary/aromatic N) is 5. The second-order valence-corrected chi connectivity index (χ2v) is 11.6. The number of nitriles is 1. The van der Waals surface area contributed by atoms with Crippen LogP contribution in [0, 0.1) is 17.2 Å². The van der Waals surface area contributed by atoms with Crippen LogP contribution in [-0.2, 0) is 0 Å². The Bertz CT molecular complexity index is 1250. The number of rotatable bonds is 5. The summed E-state index contributed by atoms with van der Waals surface area (Å²) in [6.07, 6.45) is 9.15. The number of aromatic amines is 1. The van der Waals surface area contributed by atoms with E-state index in [1.54, 1.807) is 0 Å². The third-order valence-electron chi connectivity index (χ3n) is 8.83. The van der Waals surface area contributed by atoms with Crippen LogP contribution in [0.3, 0.4) is 0 Å². The van der Waals surface area contributed by atoms with Crippen molar-refractivity contribution in [2.75, 3.05) is 55.6 Å². The highest BCUT2D eigenvalue weighted by molar-refractivity contribution is 6.36. The first-order valence-electron chi connectivity index (χ1n) is 14.1. The number of H-pyrrole nitrogens is 1. The van der Waals surface area contributed by atoms with Gasteiger partial charge in [-0.05, 0) is 87.4 Å². The van der Waals surface area contributed by atoms with Crippen molar-refractivity contribution in [2.24, 2.45) is 5.92 Å². The largest absolute Gasteiger partial charge is 0.372 e. The van der Waals surface area contributed by atoms with Crippen molar-refractivity contribution >= 4 is 33.9 Å². The fourth-order valence-corrected chi connectivity index (χ4v) is 6.98. The minimum absolute atomic E-state index is 0.363. The molecule has 0 bridgehead atoms. The molecule has 0 spiro atoms. The lowest BCUT2D eigenvalue weighted by molar-refractivity contribution is 0.181. The standard InChI is InChI=1S/C30H37ClN6/c31-26-10-11-28(30-29(26)27(19-32)33-34-30)37-16-4-5-24(21-37)23-6-8-25(9-7-23)36-17-12-22(13-18-36)20-35-14-2-1-3-15-35/h6-11,22,24H,1-5,12-18,20-21H2,(H,33,34). The van der Waals surface area contributed by atoms with Crippen LogP contribution in [0.25, 0.3) is 10.9 Å². The average molecular weight is 517 g/mol. The number of fused-ring (bicyclic) bond motifs is 1. The van der Waals surface area contributed by atoms with Crippen molar-refractivity contribution in [1.82, 2.24) is 15.1 Å². The summed E-state index contributed by atoms with van der Waals surface area (Å²) in [6, 6.07) is 15.5. The molecule has 0 saturated carbocycles. The van der Waals surface area contributed by atoms with Crippen LogP contribution in [0.1, 0.15) is 62.1 Å². The van der Waals surface area contributed by atoms with E-state index in [1.807, 2.05) is 6.07 Å². The molecule has 3 fully saturated rings. The SMILES string of the molecule is N#Cc1n[nH]c2c(N3CCCC(c4ccc(N5CCC(CN6CCCCC6)CC5)cc4)C3)ccc(Cl)c12. The number of halogens is 1. The molecule has 3 saturated heterocycles. The maximum atomic E-state index is 9.43. The van der Waals surface area contributed by atoms with E-state index >= 15 is 0 Å². The smallest absolute Gasteiger partial charge is 0.171 e. The lowest BCUT2D eigenvalue weighted by atomic mass is 9.89. The van der Waals surface area contributed by atoms with Crippen molar-refractivity contribution in [2.45, 2.75) is 50.9 Å². The molecule has 37 heavy (non-hydrogen) atoms. The van der Waals surface area contributed by atoms with Gasteiger partial charge in [-0.3, -0.25) is 5.10 Å². The van der Waals surface area contributed by atoms with Gasteiger partial charge in [-0.25, -0.2) is 0 Å². The molecule has 2 aromatic carbocycles. The Labute approximate surface area is 225 Å². The molecule has 4 heterocycles. The summed E-state index contributed by atoms with van der Waals surface area (Å²) in [7, 11) is 0. The van der Waals surface area contributed by atoms with Crippen molar-refractivity contribution in [3.05, 3.63) is 52.7 Å². The van der Waals surface area contributed by atoms with Crippen molar-refractivity contribution in [1.29, 1.82) is 5.26 Å². The number of benzene rings is 2. The van der Waals surface area contributed by atoms with E-state index in [9.17, 15) is 5.26 Å². The summed E-state index contributed by atoms with van der Waals surface area (Å²) in [5, 5.41) is 18.0. The Morgan fingerprint density at radius 3 is 2.43 bits per heavy atom. The van der Waals surface area contributed by atoms with Gasteiger partial charge in [-0.2, -0.15) is 10.4 Å². The molecule has 1 atom stereocenters. The fourth-order valence-electron chi connectivity index (χ4n) is 6.73. The molecule has 7 heteroatoms. The zero-order valence-electron chi connectivity index (χ0n) is 21.6. The van der Waals surface area contributed by atoms with Gasteiger partial charge in [-0.15, -0.1) is 0 Å². The highest BCUT2D eigenvalue weighted by Crippen LogP contribution is 2.37. The monoisotopic (exact) mass is 516 g/mol. The fraction of sp³-hybridized carbons (Fsp3) is 0.533. The minimum atomic E-state index is 0.363. The van der Waals surface area contributed by atoms with Gasteiger partial charge in [0.1, 0.15) is 6.07 Å². The Kier molecular flexibility index (Phi) is 7.26. The zero-order chi connectivity index (χ0) is 25.2. The van der Waals surface area contributed by atoms with Gasteiger partial charge >= 0.3 is 0 Å². The molecule has 194 valence electrons. The van der Waals surface area contributed by atoms with E-state index in [2.05, 4.69) is 61.3 Å². The van der Waals surface area contributed by atoms with Crippen LogP contribution in [0.2, 0.25) is 5.02 Å². The van der Waals surface area contributed by atoms with E-state index < -0.39 is 0 Å². The Morgan fingerprint density at radius 1 is 0.892 bits per heavy atom. The maximum Gasteiger partial charge on any atom is 0.171 e. The second-order valence-electron chi connectivity index (χ2n) is 11.2. The summed E-state index contributed by atoms with van der Waals surface area (Å²) >= 11 is 6.41. The van der Waals surface area contributed by atoms with E-state index in [1.165, 1.54) is 82.5 Å². The van der Waals surface area contributed by atoms with Gasteiger partial charge in [0.05, 0.1) is 21.6 Å². The number of aromatic nitrogens is 2. The van der Waals surface area contributed by atoms with Gasteiger partial charge in [0, 0.05) is 44.3 Å². The molecule has 6 nitrogen and oxygen atoms in total. The Hall–Kier alpha value is -2.75. The Morgan fingerprint density at radius 2 is 1.68 bits per heavy atom. The highest BCUT2D eigenvalue weighted by Gasteiger charge is 2.26. The number of hydrogen-bond acceptors (Lipinski definition) is 5. The van der Waals surface area contributed by atoms with Gasteiger partial charge in [0.25, 0.3) is 0 Å². The number of piperidine rings is 3. The summed E-state index contributed by atoms with van der Waals surface area (Å²) in [5.74, 6) is 1.35. The van der Waals surface area contributed by atoms with Crippen LogP contribution in [0.15, 0.2) is 36.4 Å². The predicted octanol–water partition coefficient (Wildman–Crippen LogP) is 6.17. The van der Waals surface area contributed by atoms with Crippen LogP contribution in [0.4, 0.5) is 11.4 Å². The molecule has 0 aliphatic carbocycles. The molecular formula is C30H37ClN6. The van der Waals surface area contributed by atoms with E-state index in [0.717, 1.165) is 42.0 Å². The zero-order valence-corrected chi connectivity index (χ0v) is 22.4. The first kappa shape index (κ1) is 24.6. The van der Waals surface area contributed by atoms with Crippen molar-refractivity contribution in [3.63, 3.8) is 0 Å². The van der Waals surface area contributed by atoms with Crippen LogP contribution in [-0.4, -0.2) is 60.9 Å². The molecule has 1 unspecified atom stereocenters. The van der Waals surface area contributed by atoms with Crippen LogP contribution < -0.4 is 9.80 Å². The molecule has 3 aliphatic rings. The molecule has 3 aromatic rings. The number of likely N-dealkylation sites (tertiary alicyclic amines) is 1. The normalized spacial score (nSPS) is 21.9. The van der Waals surface area contributed by atoms with Crippen molar-refractivity contribution in [3.8, 4) is 6.07 Å². The summed E-state index contributed by atoms with van der Waals surface area (Å²) in [5.41, 5.74) is 5.10. The van der Waals surface area contributed by atoms with Gasteiger partial charge in [0.2, 0.25) is 0 Å². The number of hydrogen-bond donors (Lipinski definition) is 1. The molecule has 3 aliphatic heterocycles. The lowest BCUT2D eigenvalue weighted by Crippen LogP contribution is -2.40. The third kappa shape index (κ3) is 5.17. The van der Waals surface area contributed by atoms with E-state index in [-0.39, 0.29) is 0 Å².